The zero-order valence-corrected chi connectivity index (χ0v) is 19.8. The highest BCUT2D eigenvalue weighted by Gasteiger charge is 2.36. The molecule has 0 aliphatic heterocycles. The summed E-state index contributed by atoms with van der Waals surface area (Å²) in [6.07, 6.45) is 2.62. The van der Waals surface area contributed by atoms with Crippen molar-refractivity contribution in [1.82, 2.24) is 4.90 Å². The third-order valence-electron chi connectivity index (χ3n) is 5.74. The van der Waals surface area contributed by atoms with Crippen LogP contribution in [-0.2, 0) is 0 Å². The molecule has 0 bridgehead atoms. The summed E-state index contributed by atoms with van der Waals surface area (Å²) in [5, 5.41) is 0. The largest absolute Gasteiger partial charge is 0.493 e. The van der Waals surface area contributed by atoms with Crippen LogP contribution in [0.1, 0.15) is 62.9 Å². The van der Waals surface area contributed by atoms with Gasteiger partial charge < -0.3 is 24.8 Å². The second-order valence-corrected chi connectivity index (χ2v) is 7.97. The van der Waals surface area contributed by atoms with Gasteiger partial charge in [-0.2, -0.15) is 0 Å². The van der Waals surface area contributed by atoms with Gasteiger partial charge in [0.2, 0.25) is 0 Å². The molecule has 0 unspecified atom stereocenters. The monoisotopic (exact) mass is 440 g/mol. The third kappa shape index (κ3) is 4.85. The van der Waals surface area contributed by atoms with E-state index in [0.717, 1.165) is 50.0 Å². The minimum absolute atomic E-state index is 0.107. The smallest absolute Gasteiger partial charge is 0.196 e. The Kier molecular flexibility index (Phi) is 8.39. The van der Waals surface area contributed by atoms with Gasteiger partial charge in [-0.1, -0.05) is 39.8 Å². The maximum Gasteiger partial charge on any atom is 0.196 e. The van der Waals surface area contributed by atoms with E-state index in [-0.39, 0.29) is 5.78 Å². The van der Waals surface area contributed by atoms with Gasteiger partial charge in [0, 0.05) is 29.3 Å². The van der Waals surface area contributed by atoms with Crippen molar-refractivity contribution >= 4 is 11.5 Å². The number of nitrogens with two attached hydrogens (primary N) is 1. The lowest BCUT2D eigenvalue weighted by Gasteiger charge is -2.19. The number of hydrogen-bond acceptors (Lipinski definition) is 6. The van der Waals surface area contributed by atoms with E-state index in [1.807, 2.05) is 31.2 Å². The number of rotatable bonds is 13. The first kappa shape index (κ1) is 23.9. The van der Waals surface area contributed by atoms with Crippen molar-refractivity contribution in [2.45, 2.75) is 47.0 Å². The van der Waals surface area contributed by atoms with E-state index in [9.17, 15) is 4.79 Å². The molecule has 1 aliphatic rings. The summed E-state index contributed by atoms with van der Waals surface area (Å²) in [7, 11) is 0. The summed E-state index contributed by atoms with van der Waals surface area (Å²) in [6, 6.07) is 7.43. The van der Waals surface area contributed by atoms with Crippen LogP contribution in [0.25, 0.3) is 11.1 Å². The Hall–Kier alpha value is -2.73. The van der Waals surface area contributed by atoms with Crippen molar-refractivity contribution in [3.8, 4) is 28.4 Å². The molecule has 0 radical (unpaired) electrons. The van der Waals surface area contributed by atoms with Gasteiger partial charge in [0.25, 0.3) is 0 Å². The number of ketones is 1. The summed E-state index contributed by atoms with van der Waals surface area (Å²) in [6.45, 7) is 13.1. The van der Waals surface area contributed by atoms with Crippen LogP contribution in [0.3, 0.4) is 0 Å². The molecule has 0 saturated carbocycles. The second-order valence-electron chi connectivity index (χ2n) is 7.97. The van der Waals surface area contributed by atoms with Crippen LogP contribution in [-0.4, -0.2) is 50.1 Å². The van der Waals surface area contributed by atoms with E-state index in [2.05, 4.69) is 25.7 Å². The van der Waals surface area contributed by atoms with Gasteiger partial charge >= 0.3 is 0 Å². The lowest BCUT2D eigenvalue weighted by Crippen LogP contribution is -2.25. The van der Waals surface area contributed by atoms with Gasteiger partial charge in [-0.25, -0.2) is 0 Å². The van der Waals surface area contributed by atoms with Crippen molar-refractivity contribution in [3.63, 3.8) is 0 Å². The van der Waals surface area contributed by atoms with Crippen LogP contribution in [0.4, 0.5) is 5.69 Å². The normalized spacial score (nSPS) is 12.1. The van der Waals surface area contributed by atoms with Crippen LogP contribution in [0, 0.1) is 0 Å². The predicted molar refractivity (Wildman–Crippen MR) is 129 cm³/mol. The van der Waals surface area contributed by atoms with E-state index in [1.165, 1.54) is 0 Å². The Balaban J connectivity index is 1.97. The number of nitrogens with zero attached hydrogens (tertiary/aromatic N) is 1. The average molecular weight is 441 g/mol. The summed E-state index contributed by atoms with van der Waals surface area (Å²) < 4.78 is 18.1. The second kappa shape index (κ2) is 11.2. The lowest BCUT2D eigenvalue weighted by molar-refractivity contribution is 0.104. The Bertz CT molecular complexity index is 938. The van der Waals surface area contributed by atoms with Crippen molar-refractivity contribution in [2.75, 3.05) is 45.2 Å². The van der Waals surface area contributed by atoms with Gasteiger partial charge in [-0.05, 0) is 38.4 Å². The first-order chi connectivity index (χ1) is 15.6. The number of ether oxygens (including phenoxy) is 3. The fraction of sp³-hybridized carbons (Fsp3) is 0.500. The number of hydrogen-bond donors (Lipinski definition) is 1. The molecule has 32 heavy (non-hydrogen) atoms. The topological polar surface area (TPSA) is 74.0 Å². The Morgan fingerprint density at radius 2 is 1.47 bits per heavy atom. The quantitative estimate of drug-likeness (QED) is 0.292. The molecule has 0 atom stereocenters. The van der Waals surface area contributed by atoms with Gasteiger partial charge in [-0.3, -0.25) is 4.79 Å². The standard InChI is InChI=1S/C26H36N2O4/c1-5-14-30-20-17-21(31-15-6-2)25(27)24-23(20)22-18(26(24)29)11-9-12-19(22)32-16-10-13-28(7-3)8-4/h9,11-12,17H,5-8,10,13-16,27H2,1-4H3. The number of anilines is 1. The Morgan fingerprint density at radius 3 is 2.12 bits per heavy atom. The van der Waals surface area contributed by atoms with E-state index in [4.69, 9.17) is 19.9 Å². The van der Waals surface area contributed by atoms with Crippen LogP contribution < -0.4 is 19.9 Å². The first-order valence-corrected chi connectivity index (χ1v) is 11.8. The molecule has 0 fully saturated rings. The molecular formula is C26H36N2O4. The molecule has 6 nitrogen and oxygen atoms in total. The van der Waals surface area contributed by atoms with Crippen molar-refractivity contribution in [1.29, 1.82) is 0 Å². The third-order valence-corrected chi connectivity index (χ3v) is 5.74. The number of fused-ring (bicyclic) bond motifs is 3. The number of carbonyl (C=O) groups is 1. The fourth-order valence-corrected chi connectivity index (χ4v) is 4.03. The number of nitrogen functional groups attached to an aromatic ring is 1. The van der Waals surface area contributed by atoms with E-state index < -0.39 is 0 Å². The molecule has 1 aliphatic carbocycles. The minimum atomic E-state index is -0.107. The van der Waals surface area contributed by atoms with Gasteiger partial charge in [0.1, 0.15) is 17.2 Å². The summed E-state index contributed by atoms with van der Waals surface area (Å²) in [5.41, 5.74) is 9.35. The van der Waals surface area contributed by atoms with E-state index in [1.54, 1.807) is 0 Å². The van der Waals surface area contributed by atoms with Crippen LogP contribution >= 0.6 is 0 Å². The van der Waals surface area contributed by atoms with Crippen molar-refractivity contribution < 1.29 is 19.0 Å². The van der Waals surface area contributed by atoms with Crippen LogP contribution in [0.15, 0.2) is 24.3 Å². The number of carbonyl (C=O) groups excluding carboxylic acids is 1. The molecule has 0 spiro atoms. The number of benzene rings is 2. The molecule has 0 saturated heterocycles. The summed E-state index contributed by atoms with van der Waals surface area (Å²) in [5.74, 6) is 1.70. The molecule has 2 N–H and O–H groups in total. The van der Waals surface area contributed by atoms with Crippen molar-refractivity contribution in [2.24, 2.45) is 0 Å². The minimum Gasteiger partial charge on any atom is -0.493 e. The molecule has 2 aromatic rings. The molecule has 0 heterocycles. The van der Waals surface area contributed by atoms with Crippen LogP contribution in [0.2, 0.25) is 0 Å². The maximum absolute atomic E-state index is 13.4. The zero-order valence-electron chi connectivity index (χ0n) is 19.8. The summed E-state index contributed by atoms with van der Waals surface area (Å²) in [4.78, 5) is 15.7. The SMILES string of the molecule is CCCOc1cc(OCCC)c2c(c1N)C(=O)c1cccc(OCCCN(CC)CC)c1-2. The molecule has 0 aromatic heterocycles. The van der Waals surface area contributed by atoms with Crippen molar-refractivity contribution in [3.05, 3.63) is 35.4 Å². The Labute approximate surface area is 191 Å². The highest BCUT2D eigenvalue weighted by atomic mass is 16.5. The van der Waals surface area contributed by atoms with E-state index in [0.29, 0.717) is 53.9 Å². The first-order valence-electron chi connectivity index (χ1n) is 11.8. The molecule has 6 heteroatoms. The molecule has 2 aromatic carbocycles. The molecular weight excluding hydrogens is 404 g/mol. The van der Waals surface area contributed by atoms with Gasteiger partial charge in [0.15, 0.2) is 5.78 Å². The van der Waals surface area contributed by atoms with E-state index >= 15 is 0 Å². The fourth-order valence-electron chi connectivity index (χ4n) is 4.03. The van der Waals surface area contributed by atoms with Crippen LogP contribution in [0.5, 0.6) is 17.2 Å². The molecule has 174 valence electrons. The highest BCUT2D eigenvalue weighted by molar-refractivity contribution is 6.26. The zero-order chi connectivity index (χ0) is 23.1. The molecule has 3 rings (SSSR count). The van der Waals surface area contributed by atoms with Gasteiger partial charge in [0.05, 0.1) is 31.1 Å². The Morgan fingerprint density at radius 1 is 0.812 bits per heavy atom. The lowest BCUT2D eigenvalue weighted by atomic mass is 10.0. The average Bonchev–Trinajstić information content (AvgIpc) is 3.12. The molecule has 0 amide bonds. The van der Waals surface area contributed by atoms with Gasteiger partial charge in [-0.15, -0.1) is 0 Å². The predicted octanol–water partition coefficient (Wildman–Crippen LogP) is 5.17. The summed E-state index contributed by atoms with van der Waals surface area (Å²) >= 11 is 0. The maximum atomic E-state index is 13.4. The highest BCUT2D eigenvalue weighted by Crippen LogP contribution is 2.52.